The molecule has 4 rings (SSSR count). The van der Waals surface area contributed by atoms with Crippen LogP contribution < -0.4 is 15.8 Å². The Hall–Kier alpha value is -4.11. The fourth-order valence-electron chi connectivity index (χ4n) is 3.84. The van der Waals surface area contributed by atoms with Gasteiger partial charge in [-0.1, -0.05) is 60.7 Å². The Labute approximate surface area is 212 Å². The van der Waals surface area contributed by atoms with Gasteiger partial charge in [-0.25, -0.2) is 0 Å². The number of ether oxygens (including phenoxy) is 1. The highest BCUT2D eigenvalue weighted by Gasteiger charge is 2.44. The molecule has 0 fully saturated rings. The zero-order chi connectivity index (χ0) is 26.9. The molecule has 1 unspecified atom stereocenters. The molecule has 0 amide bonds. The van der Waals surface area contributed by atoms with Crippen LogP contribution in [0.15, 0.2) is 103 Å². The van der Waals surface area contributed by atoms with Crippen LogP contribution in [0, 0.1) is 0 Å². The highest BCUT2D eigenvalue weighted by molar-refractivity contribution is 5.54. The van der Waals surface area contributed by atoms with Gasteiger partial charge in [0.15, 0.2) is 0 Å². The first-order chi connectivity index (χ1) is 17.8. The molecule has 0 aliphatic heterocycles. The number of nitrogens with two attached hydrogens (primary N) is 1. The van der Waals surface area contributed by atoms with Gasteiger partial charge in [0.2, 0.25) is 0 Å². The molecule has 0 saturated carbocycles. The molecule has 0 spiro atoms. The standard InChI is InChI=1S/C27H22F4N2O2.CH5N/c28-25(29)27(30,31)35-23-14-11-20(12-15-23)26(17-19-7-3-1-4-8-19,24-16-13-22(34)18-32-24)33-21-9-5-2-6-10-21;1-2/h1-16,18,25,33-34H,17H2;2H2,1H3. The summed E-state index contributed by atoms with van der Waals surface area (Å²) in [5, 5.41) is 13.4. The molecule has 0 saturated heterocycles. The smallest absolute Gasteiger partial charge is 0.461 e. The average molecular weight is 514 g/mol. The minimum atomic E-state index is -4.61. The van der Waals surface area contributed by atoms with Gasteiger partial charge in [-0.2, -0.15) is 17.6 Å². The van der Waals surface area contributed by atoms with Gasteiger partial charge in [0.25, 0.3) is 0 Å². The van der Waals surface area contributed by atoms with Gasteiger partial charge in [0.1, 0.15) is 17.0 Å². The topological polar surface area (TPSA) is 80.4 Å². The predicted octanol–water partition coefficient (Wildman–Crippen LogP) is 6.20. The molecular formula is C28H27F4N3O2. The van der Waals surface area contributed by atoms with Gasteiger partial charge in [-0.3, -0.25) is 4.98 Å². The molecule has 0 aliphatic carbocycles. The van der Waals surface area contributed by atoms with Crippen molar-refractivity contribution in [3.05, 3.63) is 120 Å². The Balaban J connectivity index is 0.00000186. The normalized spacial score (nSPS) is 12.7. The van der Waals surface area contributed by atoms with Gasteiger partial charge in [0, 0.05) is 12.1 Å². The van der Waals surface area contributed by atoms with Crippen molar-refractivity contribution in [1.82, 2.24) is 4.98 Å². The summed E-state index contributed by atoms with van der Waals surface area (Å²) in [6.07, 6.45) is -6.85. The van der Waals surface area contributed by atoms with Crippen molar-refractivity contribution in [3.63, 3.8) is 0 Å². The van der Waals surface area contributed by atoms with Gasteiger partial charge in [-0.05, 0) is 54.6 Å². The second-order valence-corrected chi connectivity index (χ2v) is 7.95. The van der Waals surface area contributed by atoms with Crippen LogP contribution in [0.4, 0.5) is 23.2 Å². The van der Waals surface area contributed by atoms with Crippen LogP contribution in [0.1, 0.15) is 16.8 Å². The quantitative estimate of drug-likeness (QED) is 0.232. The predicted molar refractivity (Wildman–Crippen MR) is 135 cm³/mol. The van der Waals surface area contributed by atoms with Crippen LogP contribution in [-0.2, 0) is 12.0 Å². The second-order valence-electron chi connectivity index (χ2n) is 7.95. The van der Waals surface area contributed by atoms with Crippen molar-refractivity contribution in [2.45, 2.75) is 24.5 Å². The van der Waals surface area contributed by atoms with E-state index in [2.05, 4.69) is 20.8 Å². The van der Waals surface area contributed by atoms with E-state index in [9.17, 15) is 22.7 Å². The Kier molecular flexibility index (Phi) is 9.08. The fourth-order valence-corrected chi connectivity index (χ4v) is 3.84. The Morgan fingerprint density at radius 1 is 0.865 bits per heavy atom. The number of hydrogen-bond acceptors (Lipinski definition) is 5. The van der Waals surface area contributed by atoms with Crippen molar-refractivity contribution in [3.8, 4) is 11.5 Å². The number of rotatable bonds is 9. The summed E-state index contributed by atoms with van der Waals surface area (Å²) in [6, 6.07) is 27.6. The number of pyridine rings is 1. The van der Waals surface area contributed by atoms with Crippen molar-refractivity contribution in [2.75, 3.05) is 12.4 Å². The zero-order valence-electron chi connectivity index (χ0n) is 20.0. The Morgan fingerprint density at radius 2 is 1.46 bits per heavy atom. The lowest BCUT2D eigenvalue weighted by Gasteiger charge is -2.36. The number of aromatic nitrogens is 1. The molecular weight excluding hydrogens is 486 g/mol. The first-order valence-corrected chi connectivity index (χ1v) is 11.3. The van der Waals surface area contributed by atoms with E-state index in [4.69, 9.17) is 0 Å². The summed E-state index contributed by atoms with van der Waals surface area (Å²) in [5.74, 6) is -0.411. The molecule has 9 heteroatoms. The van der Waals surface area contributed by atoms with Gasteiger partial charge in [-0.15, -0.1) is 0 Å². The maximum Gasteiger partial charge on any atom is 0.461 e. The maximum atomic E-state index is 13.4. The molecule has 5 nitrogen and oxygen atoms in total. The highest BCUT2D eigenvalue weighted by Crippen LogP contribution is 2.38. The summed E-state index contributed by atoms with van der Waals surface area (Å²) in [7, 11) is 1.50. The van der Waals surface area contributed by atoms with Crippen LogP contribution in [-0.4, -0.2) is 29.7 Å². The lowest BCUT2D eigenvalue weighted by atomic mass is 9.80. The lowest BCUT2D eigenvalue weighted by molar-refractivity contribution is -0.253. The number of benzene rings is 3. The van der Waals surface area contributed by atoms with Crippen molar-refractivity contribution in [1.29, 1.82) is 0 Å². The fraction of sp³-hybridized carbons (Fsp3) is 0.179. The summed E-state index contributed by atoms with van der Waals surface area (Å²) < 4.78 is 56.3. The molecule has 194 valence electrons. The maximum absolute atomic E-state index is 13.4. The van der Waals surface area contributed by atoms with Crippen molar-refractivity contribution in [2.24, 2.45) is 5.73 Å². The minimum absolute atomic E-state index is 0.0138. The molecule has 1 aromatic heterocycles. The van der Waals surface area contributed by atoms with E-state index >= 15 is 0 Å². The Bertz CT molecular complexity index is 1180. The zero-order valence-corrected chi connectivity index (χ0v) is 20.0. The molecule has 1 atom stereocenters. The number of para-hydroxylation sites is 1. The van der Waals surface area contributed by atoms with E-state index in [-0.39, 0.29) is 5.75 Å². The van der Waals surface area contributed by atoms with Gasteiger partial charge in [0.05, 0.1) is 11.9 Å². The molecule has 0 bridgehead atoms. The summed E-state index contributed by atoms with van der Waals surface area (Å²) in [5.41, 5.74) is 6.38. The monoisotopic (exact) mass is 513 g/mol. The molecule has 0 aliphatic rings. The summed E-state index contributed by atoms with van der Waals surface area (Å²) in [6.45, 7) is 0. The van der Waals surface area contributed by atoms with Crippen LogP contribution in [0.3, 0.4) is 0 Å². The third-order valence-corrected chi connectivity index (χ3v) is 5.48. The second kappa shape index (κ2) is 12.2. The van der Waals surface area contributed by atoms with Crippen LogP contribution in [0.5, 0.6) is 11.5 Å². The third-order valence-electron chi connectivity index (χ3n) is 5.48. The minimum Gasteiger partial charge on any atom is -0.506 e. The molecule has 37 heavy (non-hydrogen) atoms. The van der Waals surface area contributed by atoms with Crippen LogP contribution >= 0.6 is 0 Å². The van der Waals surface area contributed by atoms with E-state index in [0.29, 0.717) is 17.7 Å². The van der Waals surface area contributed by atoms with E-state index < -0.39 is 23.8 Å². The van der Waals surface area contributed by atoms with E-state index in [0.717, 1.165) is 11.3 Å². The van der Waals surface area contributed by atoms with Crippen LogP contribution in [0.2, 0.25) is 0 Å². The van der Waals surface area contributed by atoms with E-state index in [1.54, 1.807) is 6.07 Å². The average Bonchev–Trinajstić information content (AvgIpc) is 2.91. The highest BCUT2D eigenvalue weighted by atomic mass is 19.3. The number of aromatic hydroxyl groups is 1. The molecule has 1 heterocycles. The van der Waals surface area contributed by atoms with E-state index in [1.165, 1.54) is 43.6 Å². The lowest BCUT2D eigenvalue weighted by Crippen LogP contribution is -2.40. The summed E-state index contributed by atoms with van der Waals surface area (Å²) in [4.78, 5) is 4.46. The number of alkyl halides is 4. The number of hydrogen-bond donors (Lipinski definition) is 3. The van der Waals surface area contributed by atoms with Gasteiger partial charge < -0.3 is 20.9 Å². The summed E-state index contributed by atoms with van der Waals surface area (Å²) >= 11 is 0. The van der Waals surface area contributed by atoms with Crippen LogP contribution in [0.25, 0.3) is 0 Å². The van der Waals surface area contributed by atoms with Gasteiger partial charge >= 0.3 is 12.5 Å². The van der Waals surface area contributed by atoms with Crippen molar-refractivity contribution < 1.29 is 27.4 Å². The van der Waals surface area contributed by atoms with E-state index in [1.807, 2.05) is 60.7 Å². The number of nitrogens with one attached hydrogen (secondary N) is 1. The third kappa shape index (κ3) is 6.77. The molecule has 0 radical (unpaired) electrons. The molecule has 4 aromatic rings. The first kappa shape index (κ1) is 27.5. The van der Waals surface area contributed by atoms with Crippen molar-refractivity contribution >= 4 is 5.69 Å². The Morgan fingerprint density at radius 3 is 2.00 bits per heavy atom. The number of anilines is 1. The number of halogens is 4. The molecule has 4 N–H and O–H groups in total. The largest absolute Gasteiger partial charge is 0.506 e. The first-order valence-electron chi connectivity index (χ1n) is 11.3. The molecule has 3 aromatic carbocycles. The SMILES string of the molecule is CN.Oc1ccc(C(Cc2ccccc2)(Nc2ccccc2)c2ccc(OC(F)(F)C(F)F)cc2)nc1. The number of nitrogens with zero attached hydrogens (tertiary/aromatic N) is 1.